The minimum Gasteiger partial charge on any atom is -0.461 e. The molecule has 0 N–H and O–H groups in total. The van der Waals surface area contributed by atoms with Gasteiger partial charge in [-0.05, 0) is 36.0 Å². The molecule has 0 spiro atoms. The van der Waals surface area contributed by atoms with Crippen molar-refractivity contribution in [3.05, 3.63) is 53.9 Å². The Morgan fingerprint density at radius 2 is 1.80 bits per heavy atom. The van der Waals surface area contributed by atoms with Crippen molar-refractivity contribution in [2.24, 2.45) is 5.92 Å². The first kappa shape index (κ1) is 17.4. The zero-order chi connectivity index (χ0) is 17.6. The van der Waals surface area contributed by atoms with Gasteiger partial charge in [0.1, 0.15) is 6.61 Å². The van der Waals surface area contributed by atoms with Crippen LogP contribution in [0.3, 0.4) is 0 Å². The maximum absolute atomic E-state index is 12.3. The maximum atomic E-state index is 12.3. The van der Waals surface area contributed by atoms with Crippen LogP contribution < -0.4 is 4.90 Å². The fourth-order valence-electron chi connectivity index (χ4n) is 3.04. The summed E-state index contributed by atoms with van der Waals surface area (Å²) in [5, 5.41) is 0. The smallest absolute Gasteiger partial charge is 0.309 e. The SMILES string of the molecule is CC(C)c1ccc(COC(=O)C2CCN(c3ncccn3)CC2)cc1. The lowest BCUT2D eigenvalue weighted by atomic mass is 9.97. The van der Waals surface area contributed by atoms with Gasteiger partial charge < -0.3 is 9.64 Å². The average Bonchev–Trinajstić information content (AvgIpc) is 2.67. The van der Waals surface area contributed by atoms with Crippen LogP contribution in [0, 0.1) is 5.92 Å². The first-order valence-electron chi connectivity index (χ1n) is 8.91. The number of hydrogen-bond donors (Lipinski definition) is 0. The molecule has 1 aromatic heterocycles. The van der Waals surface area contributed by atoms with E-state index < -0.39 is 0 Å². The third-order valence-electron chi connectivity index (χ3n) is 4.69. The normalized spacial score (nSPS) is 15.4. The minimum atomic E-state index is -0.0958. The summed E-state index contributed by atoms with van der Waals surface area (Å²) in [5.41, 5.74) is 2.33. The van der Waals surface area contributed by atoms with Crippen LogP contribution in [0.2, 0.25) is 0 Å². The molecule has 0 atom stereocenters. The summed E-state index contributed by atoms with van der Waals surface area (Å²) in [4.78, 5) is 23.0. The van der Waals surface area contributed by atoms with E-state index >= 15 is 0 Å². The summed E-state index contributed by atoms with van der Waals surface area (Å²) >= 11 is 0. The predicted molar refractivity (Wildman–Crippen MR) is 97.3 cm³/mol. The highest BCUT2D eigenvalue weighted by Gasteiger charge is 2.27. The second-order valence-electron chi connectivity index (χ2n) is 6.81. The van der Waals surface area contributed by atoms with E-state index in [0.29, 0.717) is 12.5 Å². The molecule has 3 rings (SSSR count). The van der Waals surface area contributed by atoms with Gasteiger partial charge in [-0.25, -0.2) is 9.97 Å². The fraction of sp³-hybridized carbons (Fsp3) is 0.450. The summed E-state index contributed by atoms with van der Waals surface area (Å²) < 4.78 is 5.52. The average molecular weight is 339 g/mol. The Morgan fingerprint density at radius 1 is 1.16 bits per heavy atom. The van der Waals surface area contributed by atoms with Gasteiger partial charge in [-0.2, -0.15) is 0 Å². The number of esters is 1. The van der Waals surface area contributed by atoms with Gasteiger partial charge in [0, 0.05) is 25.5 Å². The van der Waals surface area contributed by atoms with Crippen LogP contribution in [0.1, 0.15) is 43.7 Å². The molecule has 0 unspecified atom stereocenters. The lowest BCUT2D eigenvalue weighted by Gasteiger charge is -2.30. The molecular weight excluding hydrogens is 314 g/mol. The number of nitrogens with zero attached hydrogens (tertiary/aromatic N) is 3. The molecule has 0 radical (unpaired) electrons. The lowest BCUT2D eigenvalue weighted by Crippen LogP contribution is -2.37. The van der Waals surface area contributed by atoms with E-state index in [1.807, 2.05) is 12.1 Å². The van der Waals surface area contributed by atoms with Crippen LogP contribution in [-0.2, 0) is 16.1 Å². The van der Waals surface area contributed by atoms with Crippen molar-refractivity contribution in [3.63, 3.8) is 0 Å². The third kappa shape index (κ3) is 4.56. The van der Waals surface area contributed by atoms with Crippen molar-refractivity contribution in [1.82, 2.24) is 9.97 Å². The molecule has 2 aromatic rings. The maximum Gasteiger partial charge on any atom is 0.309 e. The Morgan fingerprint density at radius 3 is 2.40 bits per heavy atom. The molecule has 5 heteroatoms. The number of ether oxygens (including phenoxy) is 1. The number of carbonyl (C=O) groups is 1. The summed E-state index contributed by atoms with van der Waals surface area (Å²) in [6, 6.07) is 10.1. The molecule has 0 aliphatic carbocycles. The Bertz CT molecular complexity index is 678. The molecule has 0 bridgehead atoms. The number of benzene rings is 1. The zero-order valence-electron chi connectivity index (χ0n) is 14.9. The fourth-order valence-corrected chi connectivity index (χ4v) is 3.04. The number of piperidine rings is 1. The van der Waals surface area contributed by atoms with Gasteiger partial charge in [0.2, 0.25) is 5.95 Å². The van der Waals surface area contributed by atoms with Crippen LogP contribution in [0.25, 0.3) is 0 Å². The molecular formula is C20H25N3O2. The van der Waals surface area contributed by atoms with Gasteiger partial charge in [-0.1, -0.05) is 38.1 Å². The van der Waals surface area contributed by atoms with Gasteiger partial charge in [-0.3, -0.25) is 4.79 Å². The van der Waals surface area contributed by atoms with Crippen LogP contribution in [0.5, 0.6) is 0 Å². The van der Waals surface area contributed by atoms with Crippen molar-refractivity contribution in [1.29, 1.82) is 0 Å². The molecule has 1 fully saturated rings. The minimum absolute atomic E-state index is 0.0325. The molecule has 2 heterocycles. The van der Waals surface area contributed by atoms with E-state index in [-0.39, 0.29) is 11.9 Å². The monoisotopic (exact) mass is 339 g/mol. The molecule has 25 heavy (non-hydrogen) atoms. The second-order valence-corrected chi connectivity index (χ2v) is 6.81. The highest BCUT2D eigenvalue weighted by molar-refractivity contribution is 5.72. The van der Waals surface area contributed by atoms with Gasteiger partial charge in [0.15, 0.2) is 0 Å². The Labute approximate surface area is 149 Å². The van der Waals surface area contributed by atoms with Crippen molar-refractivity contribution in [3.8, 4) is 0 Å². The second kappa shape index (κ2) is 8.10. The summed E-state index contributed by atoms with van der Waals surface area (Å²) in [5.74, 6) is 1.12. The van der Waals surface area contributed by atoms with Gasteiger partial charge in [0.05, 0.1) is 5.92 Å². The molecule has 0 amide bonds. The summed E-state index contributed by atoms with van der Waals surface area (Å²) in [7, 11) is 0. The van der Waals surface area contributed by atoms with E-state index in [0.717, 1.165) is 37.4 Å². The number of aromatic nitrogens is 2. The van der Waals surface area contributed by atoms with Crippen molar-refractivity contribution in [2.45, 2.75) is 39.2 Å². The molecule has 1 aliphatic heterocycles. The van der Waals surface area contributed by atoms with Gasteiger partial charge >= 0.3 is 5.97 Å². The van der Waals surface area contributed by atoms with E-state index in [4.69, 9.17) is 4.74 Å². The third-order valence-corrected chi connectivity index (χ3v) is 4.69. The first-order chi connectivity index (χ1) is 12.1. The first-order valence-corrected chi connectivity index (χ1v) is 8.91. The van der Waals surface area contributed by atoms with Crippen molar-refractivity contribution in [2.75, 3.05) is 18.0 Å². The highest BCUT2D eigenvalue weighted by Crippen LogP contribution is 2.22. The van der Waals surface area contributed by atoms with E-state index in [1.54, 1.807) is 18.5 Å². The summed E-state index contributed by atoms with van der Waals surface area (Å²) in [6.45, 7) is 6.25. The number of rotatable bonds is 5. The van der Waals surface area contributed by atoms with E-state index in [1.165, 1.54) is 5.56 Å². The predicted octanol–water partition coefficient (Wildman–Crippen LogP) is 3.56. The zero-order valence-corrected chi connectivity index (χ0v) is 14.9. The molecule has 1 aliphatic rings. The number of anilines is 1. The van der Waals surface area contributed by atoms with Crippen LogP contribution >= 0.6 is 0 Å². The van der Waals surface area contributed by atoms with Crippen molar-refractivity contribution >= 4 is 11.9 Å². The number of carbonyl (C=O) groups excluding carboxylic acids is 1. The molecule has 0 saturated carbocycles. The van der Waals surface area contributed by atoms with E-state index in [2.05, 4.69) is 40.8 Å². The lowest BCUT2D eigenvalue weighted by molar-refractivity contribution is -0.150. The highest BCUT2D eigenvalue weighted by atomic mass is 16.5. The standard InChI is InChI=1S/C20H25N3O2/c1-15(2)17-6-4-16(5-7-17)14-25-19(24)18-8-12-23(13-9-18)20-21-10-3-11-22-20/h3-7,10-11,15,18H,8-9,12-14H2,1-2H3. The van der Waals surface area contributed by atoms with Gasteiger partial charge in [0.25, 0.3) is 0 Å². The number of hydrogen-bond acceptors (Lipinski definition) is 5. The Hall–Kier alpha value is -2.43. The topological polar surface area (TPSA) is 55.3 Å². The summed E-state index contributed by atoms with van der Waals surface area (Å²) in [6.07, 6.45) is 5.05. The molecule has 132 valence electrons. The van der Waals surface area contributed by atoms with Crippen LogP contribution in [0.4, 0.5) is 5.95 Å². The van der Waals surface area contributed by atoms with E-state index in [9.17, 15) is 4.79 Å². The van der Waals surface area contributed by atoms with Gasteiger partial charge in [-0.15, -0.1) is 0 Å². The molecule has 5 nitrogen and oxygen atoms in total. The Kier molecular flexibility index (Phi) is 5.64. The van der Waals surface area contributed by atoms with Crippen LogP contribution in [0.15, 0.2) is 42.7 Å². The Balaban J connectivity index is 1.46. The van der Waals surface area contributed by atoms with Crippen LogP contribution in [-0.4, -0.2) is 29.0 Å². The van der Waals surface area contributed by atoms with Crippen molar-refractivity contribution < 1.29 is 9.53 Å². The quantitative estimate of drug-likeness (QED) is 0.780. The molecule has 1 aromatic carbocycles. The largest absolute Gasteiger partial charge is 0.461 e. The molecule has 1 saturated heterocycles.